The van der Waals surface area contributed by atoms with Gasteiger partial charge in [0.05, 0.1) is 12.7 Å². The third kappa shape index (κ3) is 6.08. The molecule has 0 radical (unpaired) electrons. The molecule has 0 spiro atoms. The summed E-state index contributed by atoms with van der Waals surface area (Å²) in [7, 11) is 1.86. The molecule has 1 aliphatic rings. The van der Waals surface area contributed by atoms with E-state index in [1.54, 1.807) is 0 Å². The molecule has 0 aliphatic carbocycles. The maximum atomic E-state index is 6.03. The Morgan fingerprint density at radius 1 is 0.964 bits per heavy atom. The van der Waals surface area contributed by atoms with Crippen molar-refractivity contribution in [2.24, 2.45) is 5.92 Å². The highest BCUT2D eigenvalue weighted by atomic mass is 16.5. The molecule has 0 aromatic heterocycles. The number of benzene rings is 2. The van der Waals surface area contributed by atoms with Crippen LogP contribution in [0.25, 0.3) is 11.1 Å². The van der Waals surface area contributed by atoms with Crippen molar-refractivity contribution in [2.45, 2.75) is 45.1 Å². The molecule has 0 N–H and O–H groups in total. The fourth-order valence-electron chi connectivity index (χ4n) is 4.12. The molecule has 1 saturated heterocycles. The summed E-state index contributed by atoms with van der Waals surface area (Å²) < 4.78 is 11.8. The lowest BCUT2D eigenvalue weighted by atomic mass is 9.90. The molecule has 2 aromatic rings. The van der Waals surface area contributed by atoms with Gasteiger partial charge in [-0.15, -0.1) is 0 Å². The highest BCUT2D eigenvalue weighted by Crippen LogP contribution is 2.25. The van der Waals surface area contributed by atoms with Gasteiger partial charge in [0, 0.05) is 13.7 Å². The SMILES string of the molecule is CCCCCN1CC[C@@H](CCOc2ccc(-c3ccccc3)cc2)[C@@H](OC)C1. The third-order valence-electron chi connectivity index (χ3n) is 5.88. The average Bonchev–Trinajstić information content (AvgIpc) is 2.76. The largest absolute Gasteiger partial charge is 0.494 e. The van der Waals surface area contributed by atoms with Gasteiger partial charge in [0.25, 0.3) is 0 Å². The predicted molar refractivity (Wildman–Crippen MR) is 117 cm³/mol. The Morgan fingerprint density at radius 2 is 1.71 bits per heavy atom. The van der Waals surface area contributed by atoms with Gasteiger partial charge in [-0.3, -0.25) is 0 Å². The summed E-state index contributed by atoms with van der Waals surface area (Å²) in [6.07, 6.45) is 6.52. The lowest BCUT2D eigenvalue weighted by Gasteiger charge is -2.37. The van der Waals surface area contributed by atoms with Crippen LogP contribution in [0.2, 0.25) is 0 Å². The summed E-state index contributed by atoms with van der Waals surface area (Å²) in [5, 5.41) is 0. The van der Waals surface area contributed by atoms with Gasteiger partial charge in [-0.25, -0.2) is 0 Å². The van der Waals surface area contributed by atoms with Gasteiger partial charge in [0.15, 0.2) is 0 Å². The first-order chi connectivity index (χ1) is 13.8. The molecule has 0 amide bonds. The number of ether oxygens (including phenoxy) is 2. The lowest BCUT2D eigenvalue weighted by molar-refractivity contribution is -0.0180. The zero-order valence-electron chi connectivity index (χ0n) is 17.5. The van der Waals surface area contributed by atoms with E-state index in [0.29, 0.717) is 12.0 Å². The number of nitrogens with zero attached hydrogens (tertiary/aromatic N) is 1. The Bertz CT molecular complexity index is 671. The second-order valence-corrected chi connectivity index (χ2v) is 7.86. The Morgan fingerprint density at radius 3 is 2.43 bits per heavy atom. The van der Waals surface area contributed by atoms with E-state index in [2.05, 4.69) is 60.4 Å². The first-order valence-electron chi connectivity index (χ1n) is 10.8. The summed E-state index contributed by atoms with van der Waals surface area (Å²) in [5.41, 5.74) is 2.46. The van der Waals surface area contributed by atoms with Gasteiger partial charge in [0.1, 0.15) is 5.75 Å². The molecule has 2 aromatic carbocycles. The van der Waals surface area contributed by atoms with Crippen LogP contribution in [0.15, 0.2) is 54.6 Å². The number of rotatable bonds is 10. The van der Waals surface area contributed by atoms with Gasteiger partial charge in [-0.05, 0) is 61.5 Å². The number of unbranched alkanes of at least 4 members (excludes halogenated alkanes) is 2. The van der Waals surface area contributed by atoms with Crippen LogP contribution in [-0.2, 0) is 4.74 Å². The molecule has 3 heteroatoms. The molecule has 0 saturated carbocycles. The van der Waals surface area contributed by atoms with Crippen LogP contribution < -0.4 is 4.74 Å². The summed E-state index contributed by atoms with van der Waals surface area (Å²) in [6.45, 7) is 6.49. The van der Waals surface area contributed by atoms with Crippen LogP contribution in [0.3, 0.4) is 0 Å². The quantitative estimate of drug-likeness (QED) is 0.496. The van der Waals surface area contributed by atoms with E-state index in [0.717, 1.165) is 25.3 Å². The summed E-state index contributed by atoms with van der Waals surface area (Å²) in [6, 6.07) is 18.9. The average molecular weight is 382 g/mol. The van der Waals surface area contributed by atoms with Crippen molar-refractivity contribution < 1.29 is 9.47 Å². The minimum absolute atomic E-state index is 0.333. The van der Waals surface area contributed by atoms with Crippen LogP contribution in [0, 0.1) is 5.92 Å². The Hall–Kier alpha value is -1.84. The third-order valence-corrected chi connectivity index (χ3v) is 5.88. The Labute approximate surface area is 170 Å². The smallest absolute Gasteiger partial charge is 0.119 e. The monoisotopic (exact) mass is 381 g/mol. The number of likely N-dealkylation sites (tertiary alicyclic amines) is 1. The van der Waals surface area contributed by atoms with Gasteiger partial charge < -0.3 is 14.4 Å². The van der Waals surface area contributed by atoms with Crippen molar-refractivity contribution in [1.82, 2.24) is 4.90 Å². The van der Waals surface area contributed by atoms with Crippen LogP contribution in [-0.4, -0.2) is 44.4 Å². The molecule has 0 unspecified atom stereocenters. The predicted octanol–water partition coefficient (Wildman–Crippen LogP) is 5.65. The molecular weight excluding hydrogens is 346 g/mol. The van der Waals surface area contributed by atoms with Gasteiger partial charge in [-0.1, -0.05) is 62.2 Å². The second-order valence-electron chi connectivity index (χ2n) is 7.86. The Balaban J connectivity index is 1.43. The van der Waals surface area contributed by atoms with Crippen molar-refractivity contribution in [1.29, 1.82) is 0 Å². The van der Waals surface area contributed by atoms with Gasteiger partial charge in [0.2, 0.25) is 0 Å². The molecule has 152 valence electrons. The van der Waals surface area contributed by atoms with Crippen molar-refractivity contribution in [2.75, 3.05) is 33.4 Å². The van der Waals surface area contributed by atoms with Crippen molar-refractivity contribution in [3.63, 3.8) is 0 Å². The maximum Gasteiger partial charge on any atom is 0.119 e. The van der Waals surface area contributed by atoms with E-state index >= 15 is 0 Å². The minimum atomic E-state index is 0.333. The van der Waals surface area contributed by atoms with E-state index < -0.39 is 0 Å². The molecule has 28 heavy (non-hydrogen) atoms. The zero-order valence-corrected chi connectivity index (χ0v) is 17.5. The van der Waals surface area contributed by atoms with E-state index in [4.69, 9.17) is 9.47 Å². The fraction of sp³-hybridized carbons (Fsp3) is 0.520. The van der Waals surface area contributed by atoms with Gasteiger partial charge >= 0.3 is 0 Å². The molecule has 1 aliphatic heterocycles. The first-order valence-corrected chi connectivity index (χ1v) is 10.8. The number of hydrogen-bond acceptors (Lipinski definition) is 3. The molecule has 3 rings (SSSR count). The van der Waals surface area contributed by atoms with Crippen LogP contribution in [0.4, 0.5) is 0 Å². The van der Waals surface area contributed by atoms with Gasteiger partial charge in [-0.2, -0.15) is 0 Å². The van der Waals surface area contributed by atoms with E-state index in [9.17, 15) is 0 Å². The normalized spacial score (nSPS) is 20.2. The number of methoxy groups -OCH3 is 1. The first kappa shape index (κ1) is 20.9. The number of piperidine rings is 1. The number of hydrogen-bond donors (Lipinski definition) is 0. The minimum Gasteiger partial charge on any atom is -0.494 e. The van der Waals surface area contributed by atoms with E-state index in [1.165, 1.54) is 49.9 Å². The van der Waals surface area contributed by atoms with Crippen LogP contribution >= 0.6 is 0 Å². The van der Waals surface area contributed by atoms with Crippen molar-refractivity contribution in [3.05, 3.63) is 54.6 Å². The highest BCUT2D eigenvalue weighted by Gasteiger charge is 2.28. The highest BCUT2D eigenvalue weighted by molar-refractivity contribution is 5.63. The molecule has 1 fully saturated rings. The van der Waals surface area contributed by atoms with Crippen LogP contribution in [0.1, 0.15) is 39.0 Å². The van der Waals surface area contributed by atoms with E-state index in [-0.39, 0.29) is 0 Å². The molecule has 3 nitrogen and oxygen atoms in total. The summed E-state index contributed by atoms with van der Waals surface area (Å²) >= 11 is 0. The standard InChI is InChI=1S/C25H35NO2/c1-3-4-8-17-26-18-15-23(25(20-26)27-2)16-19-28-24-13-11-22(12-14-24)21-9-6-5-7-10-21/h5-7,9-14,23,25H,3-4,8,15-20H2,1-2H3/t23-,25-/m0/s1. The fourth-order valence-corrected chi connectivity index (χ4v) is 4.12. The topological polar surface area (TPSA) is 21.7 Å². The second kappa shape index (κ2) is 11.2. The zero-order chi connectivity index (χ0) is 19.6. The van der Waals surface area contributed by atoms with Crippen LogP contribution in [0.5, 0.6) is 5.75 Å². The molecule has 2 atom stereocenters. The van der Waals surface area contributed by atoms with E-state index in [1.807, 2.05) is 13.2 Å². The molecule has 1 heterocycles. The summed E-state index contributed by atoms with van der Waals surface area (Å²) in [5.74, 6) is 1.54. The summed E-state index contributed by atoms with van der Waals surface area (Å²) in [4.78, 5) is 2.57. The van der Waals surface area contributed by atoms with Crippen molar-refractivity contribution >= 4 is 0 Å². The maximum absolute atomic E-state index is 6.03. The lowest BCUT2D eigenvalue weighted by Crippen LogP contribution is -2.45. The van der Waals surface area contributed by atoms with Crippen molar-refractivity contribution in [3.8, 4) is 16.9 Å². The Kier molecular flexibility index (Phi) is 8.38. The molecular formula is C25H35NO2. The molecule has 0 bridgehead atoms.